The first-order valence-corrected chi connectivity index (χ1v) is 7.92. The summed E-state index contributed by atoms with van der Waals surface area (Å²) in [7, 11) is 0. The number of benzene rings is 2. The number of carboxylic acids is 1. The van der Waals surface area contributed by atoms with Crippen LogP contribution in [0.15, 0.2) is 66.7 Å². The number of nitrogens with zero attached hydrogens (tertiary/aromatic N) is 2. The largest absolute Gasteiger partial charge is 0.477 e. The summed E-state index contributed by atoms with van der Waals surface area (Å²) in [4.78, 5) is 11.4. The lowest BCUT2D eigenvalue weighted by Gasteiger charge is -1.98. The zero-order valence-corrected chi connectivity index (χ0v) is 12.8. The SMILES string of the molecule is O=C(O)c1ccc(-n2nc(-c3ccccc3)c3ccccc32)s1. The highest BCUT2D eigenvalue weighted by Crippen LogP contribution is 2.31. The van der Waals surface area contributed by atoms with Crippen molar-refractivity contribution in [3.8, 4) is 16.3 Å². The van der Waals surface area contributed by atoms with Gasteiger partial charge in [-0.05, 0) is 18.2 Å². The summed E-state index contributed by atoms with van der Waals surface area (Å²) in [6.45, 7) is 0. The highest BCUT2D eigenvalue weighted by atomic mass is 32.1. The highest BCUT2D eigenvalue weighted by molar-refractivity contribution is 7.16. The fourth-order valence-electron chi connectivity index (χ4n) is 2.60. The van der Waals surface area contributed by atoms with E-state index in [-0.39, 0.29) is 0 Å². The monoisotopic (exact) mass is 320 g/mol. The Kier molecular flexibility index (Phi) is 3.20. The van der Waals surface area contributed by atoms with Crippen LogP contribution in [0, 0.1) is 0 Å². The molecule has 0 aliphatic carbocycles. The quantitative estimate of drug-likeness (QED) is 0.606. The van der Waals surface area contributed by atoms with Gasteiger partial charge >= 0.3 is 5.97 Å². The van der Waals surface area contributed by atoms with Crippen LogP contribution < -0.4 is 0 Å². The Balaban J connectivity index is 1.95. The molecule has 2 aromatic carbocycles. The van der Waals surface area contributed by atoms with Crippen molar-refractivity contribution in [3.63, 3.8) is 0 Å². The summed E-state index contributed by atoms with van der Waals surface area (Å²) < 4.78 is 1.81. The molecular formula is C18H12N2O2S. The van der Waals surface area contributed by atoms with Gasteiger partial charge in [-0.15, -0.1) is 11.3 Å². The second kappa shape index (κ2) is 5.37. The third-order valence-electron chi connectivity index (χ3n) is 3.65. The van der Waals surface area contributed by atoms with Crippen molar-refractivity contribution in [1.29, 1.82) is 0 Å². The van der Waals surface area contributed by atoms with E-state index >= 15 is 0 Å². The molecule has 112 valence electrons. The molecule has 0 aliphatic rings. The Hall–Kier alpha value is -2.92. The maximum absolute atomic E-state index is 11.1. The van der Waals surface area contributed by atoms with E-state index in [2.05, 4.69) is 0 Å². The summed E-state index contributed by atoms with van der Waals surface area (Å²) >= 11 is 1.22. The van der Waals surface area contributed by atoms with Crippen LogP contribution in [0.1, 0.15) is 9.67 Å². The molecular weight excluding hydrogens is 308 g/mol. The van der Waals surface area contributed by atoms with Crippen molar-refractivity contribution < 1.29 is 9.90 Å². The first-order valence-electron chi connectivity index (χ1n) is 7.11. The van der Waals surface area contributed by atoms with Gasteiger partial charge in [-0.3, -0.25) is 0 Å². The molecule has 4 aromatic rings. The molecule has 5 heteroatoms. The third-order valence-corrected chi connectivity index (χ3v) is 4.69. The smallest absolute Gasteiger partial charge is 0.345 e. The Morgan fingerprint density at radius 1 is 0.957 bits per heavy atom. The van der Waals surface area contributed by atoms with Crippen molar-refractivity contribution in [2.45, 2.75) is 0 Å². The van der Waals surface area contributed by atoms with Gasteiger partial charge in [0.15, 0.2) is 0 Å². The average molecular weight is 320 g/mol. The minimum atomic E-state index is -0.916. The average Bonchev–Trinajstić information content (AvgIpc) is 3.20. The van der Waals surface area contributed by atoms with Crippen LogP contribution in [0.2, 0.25) is 0 Å². The maximum atomic E-state index is 11.1. The fourth-order valence-corrected chi connectivity index (χ4v) is 3.41. The highest BCUT2D eigenvalue weighted by Gasteiger charge is 2.15. The van der Waals surface area contributed by atoms with E-state index in [0.29, 0.717) is 4.88 Å². The Morgan fingerprint density at radius 3 is 2.43 bits per heavy atom. The van der Waals surface area contributed by atoms with Crippen LogP contribution in [0.5, 0.6) is 0 Å². The number of aromatic nitrogens is 2. The molecule has 4 nitrogen and oxygen atoms in total. The first-order chi connectivity index (χ1) is 11.2. The molecule has 0 radical (unpaired) electrons. The standard InChI is InChI=1S/C18H12N2O2S/c21-18(22)15-10-11-16(23-15)20-14-9-5-4-8-13(14)17(19-20)12-6-2-1-3-7-12/h1-11H,(H,21,22). The van der Waals surface area contributed by atoms with Crippen LogP contribution >= 0.6 is 11.3 Å². The molecule has 2 aromatic heterocycles. The van der Waals surface area contributed by atoms with E-state index in [1.54, 1.807) is 12.1 Å². The van der Waals surface area contributed by atoms with E-state index < -0.39 is 5.97 Å². The zero-order valence-electron chi connectivity index (χ0n) is 12.0. The molecule has 0 saturated carbocycles. The van der Waals surface area contributed by atoms with Crippen LogP contribution in [0.3, 0.4) is 0 Å². The van der Waals surface area contributed by atoms with Crippen molar-refractivity contribution in [1.82, 2.24) is 9.78 Å². The van der Waals surface area contributed by atoms with E-state index in [1.165, 1.54) is 11.3 Å². The number of para-hydroxylation sites is 1. The summed E-state index contributed by atoms with van der Waals surface area (Å²) in [6.07, 6.45) is 0. The molecule has 0 fully saturated rings. The number of thiophene rings is 1. The van der Waals surface area contributed by atoms with Crippen LogP contribution in [0.4, 0.5) is 0 Å². The number of aromatic carboxylic acids is 1. The maximum Gasteiger partial charge on any atom is 0.345 e. The van der Waals surface area contributed by atoms with Gasteiger partial charge in [0.25, 0.3) is 0 Å². The number of carboxylic acid groups (broad SMARTS) is 1. The Labute approximate surface area is 136 Å². The van der Waals surface area contributed by atoms with Crippen LogP contribution in [-0.4, -0.2) is 20.9 Å². The first kappa shape index (κ1) is 13.7. The lowest BCUT2D eigenvalue weighted by Crippen LogP contribution is -1.93. The van der Waals surface area contributed by atoms with Gasteiger partial charge in [0.2, 0.25) is 0 Å². The Bertz CT molecular complexity index is 1000. The molecule has 0 atom stereocenters. The molecule has 1 N–H and O–H groups in total. The number of fused-ring (bicyclic) bond motifs is 1. The van der Waals surface area contributed by atoms with Crippen molar-refractivity contribution >= 4 is 28.2 Å². The number of hydrogen-bond donors (Lipinski definition) is 1. The predicted octanol–water partition coefficient (Wildman–Crippen LogP) is 4.45. The van der Waals surface area contributed by atoms with E-state index in [4.69, 9.17) is 10.2 Å². The van der Waals surface area contributed by atoms with Crippen LogP contribution in [-0.2, 0) is 0 Å². The molecule has 23 heavy (non-hydrogen) atoms. The third kappa shape index (κ3) is 2.31. The molecule has 0 aliphatic heterocycles. The predicted molar refractivity (Wildman–Crippen MR) is 91.3 cm³/mol. The minimum absolute atomic E-state index is 0.306. The second-order valence-electron chi connectivity index (χ2n) is 5.09. The molecule has 2 heterocycles. The number of rotatable bonds is 3. The van der Waals surface area contributed by atoms with E-state index in [9.17, 15) is 4.79 Å². The van der Waals surface area contributed by atoms with Crippen LogP contribution in [0.25, 0.3) is 27.2 Å². The van der Waals surface area contributed by atoms with E-state index in [0.717, 1.165) is 27.2 Å². The van der Waals surface area contributed by atoms with Gasteiger partial charge in [0.05, 0.1) is 5.52 Å². The topological polar surface area (TPSA) is 55.1 Å². The molecule has 0 amide bonds. The number of carbonyl (C=O) groups is 1. The lowest BCUT2D eigenvalue weighted by atomic mass is 10.1. The minimum Gasteiger partial charge on any atom is -0.477 e. The summed E-state index contributed by atoms with van der Waals surface area (Å²) in [6, 6.07) is 21.4. The molecule has 0 unspecified atom stereocenters. The number of hydrogen-bond acceptors (Lipinski definition) is 3. The van der Waals surface area contributed by atoms with Crippen molar-refractivity contribution in [2.75, 3.05) is 0 Å². The molecule has 4 rings (SSSR count). The van der Waals surface area contributed by atoms with Crippen molar-refractivity contribution in [2.24, 2.45) is 0 Å². The molecule has 0 saturated heterocycles. The molecule has 0 bridgehead atoms. The van der Waals surface area contributed by atoms with Gasteiger partial charge in [-0.25, -0.2) is 9.48 Å². The summed E-state index contributed by atoms with van der Waals surface area (Å²) in [5.74, 6) is -0.916. The summed E-state index contributed by atoms with van der Waals surface area (Å²) in [5, 5.41) is 15.7. The lowest BCUT2D eigenvalue weighted by molar-refractivity contribution is 0.0702. The summed E-state index contributed by atoms with van der Waals surface area (Å²) in [5.41, 5.74) is 2.90. The van der Waals surface area contributed by atoms with Crippen molar-refractivity contribution in [3.05, 3.63) is 71.6 Å². The van der Waals surface area contributed by atoms with Gasteiger partial charge < -0.3 is 5.11 Å². The van der Waals surface area contributed by atoms with Gasteiger partial charge in [0, 0.05) is 10.9 Å². The van der Waals surface area contributed by atoms with Gasteiger partial charge in [0.1, 0.15) is 15.6 Å². The normalized spacial score (nSPS) is 11.0. The fraction of sp³-hybridized carbons (Fsp3) is 0. The van der Waals surface area contributed by atoms with Gasteiger partial charge in [-0.1, -0.05) is 48.5 Å². The van der Waals surface area contributed by atoms with Gasteiger partial charge in [-0.2, -0.15) is 5.10 Å². The second-order valence-corrected chi connectivity index (χ2v) is 6.15. The van der Waals surface area contributed by atoms with E-state index in [1.807, 2.05) is 59.3 Å². The Morgan fingerprint density at radius 2 is 1.70 bits per heavy atom. The molecule has 0 spiro atoms. The zero-order chi connectivity index (χ0) is 15.8.